The van der Waals surface area contributed by atoms with Crippen molar-refractivity contribution in [1.29, 1.82) is 0 Å². The summed E-state index contributed by atoms with van der Waals surface area (Å²) in [6.45, 7) is 7.25. The van der Waals surface area contributed by atoms with Gasteiger partial charge in [-0.2, -0.15) is 0 Å². The van der Waals surface area contributed by atoms with Crippen LogP contribution in [0.3, 0.4) is 0 Å². The van der Waals surface area contributed by atoms with Gasteiger partial charge in [0.1, 0.15) is 31.1 Å². The molecule has 33 heavy (non-hydrogen) atoms. The molecule has 170 valence electrons. The molecule has 4 heterocycles. The first-order valence-electron chi connectivity index (χ1n) is 10.6. The van der Waals surface area contributed by atoms with Gasteiger partial charge in [0, 0.05) is 30.2 Å². The second kappa shape index (κ2) is 8.00. The zero-order valence-corrected chi connectivity index (χ0v) is 19.5. The van der Waals surface area contributed by atoms with Crippen LogP contribution in [0.5, 0.6) is 0 Å². The maximum absolute atomic E-state index is 15.0. The van der Waals surface area contributed by atoms with Crippen LogP contribution < -0.4 is 10.3 Å². The highest BCUT2D eigenvalue weighted by atomic mass is 28.3. The minimum absolute atomic E-state index is 0.302. The highest BCUT2D eigenvalue weighted by molar-refractivity contribution is 6.87. The largest absolute Gasteiger partial charge is 0.442 e. The molecule has 1 saturated heterocycles. The fraction of sp³-hybridized carbons (Fsp3) is 0.273. The van der Waals surface area contributed by atoms with E-state index in [1.165, 1.54) is 11.0 Å². The van der Waals surface area contributed by atoms with Crippen LogP contribution in [-0.2, 0) is 11.3 Å². The molecule has 1 atom stereocenters. The second-order valence-electron chi connectivity index (χ2n) is 9.01. The van der Waals surface area contributed by atoms with Crippen LogP contribution in [0.2, 0.25) is 19.6 Å². The highest BCUT2D eigenvalue weighted by Crippen LogP contribution is 2.27. The third-order valence-electron chi connectivity index (χ3n) is 5.50. The number of hydrogen-bond acceptors (Lipinski definition) is 6. The van der Waals surface area contributed by atoms with Crippen molar-refractivity contribution in [1.82, 2.24) is 24.7 Å². The number of halogens is 1. The lowest BCUT2D eigenvalue weighted by molar-refractivity contribution is 0.129. The molecule has 0 radical (unpaired) electrons. The van der Waals surface area contributed by atoms with Crippen molar-refractivity contribution in [3.63, 3.8) is 0 Å². The summed E-state index contributed by atoms with van der Waals surface area (Å²) >= 11 is 0. The van der Waals surface area contributed by atoms with E-state index >= 15 is 4.39 Å². The Labute approximate surface area is 190 Å². The van der Waals surface area contributed by atoms with Crippen molar-refractivity contribution in [2.24, 2.45) is 0 Å². The quantitative estimate of drug-likeness (QED) is 0.404. The van der Waals surface area contributed by atoms with Gasteiger partial charge in [0.05, 0.1) is 30.7 Å². The summed E-state index contributed by atoms with van der Waals surface area (Å²) in [6.07, 6.45) is 5.93. The van der Waals surface area contributed by atoms with Crippen molar-refractivity contribution in [3.05, 3.63) is 60.9 Å². The van der Waals surface area contributed by atoms with Crippen LogP contribution in [0.4, 0.5) is 14.9 Å². The summed E-state index contributed by atoms with van der Waals surface area (Å²) in [5.41, 5.74) is 2.36. The maximum atomic E-state index is 15.0. The number of carbonyl (C=O) groups is 1. The number of benzene rings is 1. The standard InChI is InChI=1S/C22H23FN6O3Si/c1-33(2,3)21-11-19(25-32-21)15-6-8-27(12-15)20-5-4-16(10-18(20)23)29-14-17(31-22(29)30)13-28-9-7-24-26-28/h4-12,17H,13-14H2,1-3H3/t17-/m0/s1. The van der Waals surface area contributed by atoms with Gasteiger partial charge in [0.2, 0.25) is 0 Å². The second-order valence-corrected chi connectivity index (χ2v) is 14.0. The fourth-order valence-corrected chi connectivity index (χ4v) is 4.59. The number of rotatable bonds is 6. The molecule has 0 bridgehead atoms. The minimum atomic E-state index is -1.61. The summed E-state index contributed by atoms with van der Waals surface area (Å²) in [5, 5.41) is 12.7. The number of nitrogens with zero attached hydrogens (tertiary/aromatic N) is 6. The predicted octanol–water partition coefficient (Wildman–Crippen LogP) is 3.43. The highest BCUT2D eigenvalue weighted by Gasteiger charge is 2.33. The van der Waals surface area contributed by atoms with E-state index in [9.17, 15) is 4.79 Å². The molecule has 11 heteroatoms. The third-order valence-corrected chi connectivity index (χ3v) is 7.21. The van der Waals surface area contributed by atoms with Crippen molar-refractivity contribution >= 4 is 25.2 Å². The molecule has 3 aromatic heterocycles. The van der Waals surface area contributed by atoms with Crippen LogP contribution in [-0.4, -0.2) is 51.5 Å². The summed E-state index contributed by atoms with van der Waals surface area (Å²) in [7, 11) is -1.61. The first kappa shape index (κ1) is 21.1. The maximum Gasteiger partial charge on any atom is 0.414 e. The van der Waals surface area contributed by atoms with Gasteiger partial charge in [0.15, 0.2) is 0 Å². The summed E-state index contributed by atoms with van der Waals surface area (Å²) in [6, 6.07) is 8.51. The molecule has 0 aliphatic carbocycles. The van der Waals surface area contributed by atoms with Crippen molar-refractivity contribution in [2.75, 3.05) is 11.4 Å². The van der Waals surface area contributed by atoms with E-state index in [4.69, 9.17) is 9.26 Å². The number of anilines is 1. The van der Waals surface area contributed by atoms with Gasteiger partial charge in [-0.15, -0.1) is 5.10 Å². The van der Waals surface area contributed by atoms with E-state index in [1.807, 2.05) is 18.3 Å². The van der Waals surface area contributed by atoms with E-state index in [1.54, 1.807) is 40.0 Å². The van der Waals surface area contributed by atoms with Gasteiger partial charge in [0.25, 0.3) is 0 Å². The molecule has 0 saturated carbocycles. The minimum Gasteiger partial charge on any atom is -0.442 e. The number of carbonyl (C=O) groups excluding carboxylic acids is 1. The molecule has 4 aromatic rings. The molecule has 0 unspecified atom stereocenters. The van der Waals surface area contributed by atoms with Crippen LogP contribution >= 0.6 is 0 Å². The Morgan fingerprint density at radius 2 is 2.03 bits per heavy atom. The normalized spacial score (nSPS) is 16.4. The van der Waals surface area contributed by atoms with Gasteiger partial charge < -0.3 is 13.8 Å². The van der Waals surface area contributed by atoms with Crippen LogP contribution in [0.15, 0.2) is 59.6 Å². The molecular formula is C22H23FN6O3Si. The summed E-state index contributed by atoms with van der Waals surface area (Å²) in [4.78, 5) is 13.7. The van der Waals surface area contributed by atoms with Crippen molar-refractivity contribution in [3.8, 4) is 16.9 Å². The zero-order valence-electron chi connectivity index (χ0n) is 18.5. The van der Waals surface area contributed by atoms with E-state index in [0.29, 0.717) is 24.5 Å². The molecule has 1 aliphatic heterocycles. The van der Waals surface area contributed by atoms with Crippen LogP contribution in [0, 0.1) is 5.82 Å². The smallest absolute Gasteiger partial charge is 0.414 e. The van der Waals surface area contributed by atoms with Gasteiger partial charge >= 0.3 is 6.09 Å². The molecule has 1 aliphatic rings. The lowest BCUT2D eigenvalue weighted by Crippen LogP contribution is -2.36. The Morgan fingerprint density at radius 3 is 2.73 bits per heavy atom. The Balaban J connectivity index is 1.33. The average molecular weight is 467 g/mol. The molecule has 1 aromatic carbocycles. The zero-order chi connectivity index (χ0) is 23.2. The fourth-order valence-electron chi connectivity index (χ4n) is 3.70. The van der Waals surface area contributed by atoms with Gasteiger partial charge in [-0.1, -0.05) is 30.0 Å². The van der Waals surface area contributed by atoms with E-state index in [-0.39, 0.29) is 0 Å². The van der Waals surface area contributed by atoms with Crippen LogP contribution in [0.1, 0.15) is 0 Å². The van der Waals surface area contributed by atoms with Gasteiger partial charge in [-0.25, -0.2) is 13.9 Å². The summed E-state index contributed by atoms with van der Waals surface area (Å²) in [5.74, 6) is -0.454. The Bertz CT molecular complexity index is 1290. The van der Waals surface area contributed by atoms with Gasteiger partial charge in [-0.05, 0) is 24.3 Å². The number of hydrogen-bond donors (Lipinski definition) is 0. The van der Waals surface area contributed by atoms with E-state index < -0.39 is 26.1 Å². The third kappa shape index (κ3) is 4.18. The predicted molar refractivity (Wildman–Crippen MR) is 122 cm³/mol. The Hall–Kier alpha value is -3.73. The van der Waals surface area contributed by atoms with Crippen LogP contribution in [0.25, 0.3) is 16.9 Å². The van der Waals surface area contributed by atoms with E-state index in [2.05, 4.69) is 35.1 Å². The molecule has 0 spiro atoms. The summed E-state index contributed by atoms with van der Waals surface area (Å²) < 4.78 is 29.2. The van der Waals surface area contributed by atoms with Gasteiger partial charge in [-0.3, -0.25) is 4.90 Å². The first-order chi connectivity index (χ1) is 15.8. The number of cyclic esters (lactones) is 1. The number of ether oxygens (including phenoxy) is 1. The van der Waals surface area contributed by atoms with Crippen molar-refractivity contribution < 1.29 is 18.4 Å². The topological polar surface area (TPSA) is 91.2 Å². The molecule has 0 N–H and O–H groups in total. The molecule has 5 rings (SSSR count). The number of aromatic nitrogens is 5. The molecular weight excluding hydrogens is 443 g/mol. The Kier molecular flexibility index (Phi) is 5.12. The Morgan fingerprint density at radius 1 is 1.18 bits per heavy atom. The van der Waals surface area contributed by atoms with Crippen molar-refractivity contribution in [2.45, 2.75) is 32.3 Å². The first-order valence-corrected chi connectivity index (χ1v) is 14.1. The molecule has 1 amide bonds. The molecule has 1 fully saturated rings. The lowest BCUT2D eigenvalue weighted by Gasteiger charge is -2.14. The monoisotopic (exact) mass is 466 g/mol. The average Bonchev–Trinajstić information content (AvgIpc) is 3.55. The SMILES string of the molecule is C[Si](C)(C)c1cc(-c2ccn(-c3ccc(N4C[C@H](Cn5ccnn5)OC4=O)cc3F)c2)no1. The number of amides is 1. The lowest BCUT2D eigenvalue weighted by atomic mass is 10.2. The molecule has 9 nitrogen and oxygen atoms in total. The van der Waals surface area contributed by atoms with E-state index in [0.717, 1.165) is 16.6 Å².